The molecule has 0 N–H and O–H groups in total. The lowest BCUT2D eigenvalue weighted by Gasteiger charge is -2.27. The van der Waals surface area contributed by atoms with Gasteiger partial charge in [0.2, 0.25) is 0 Å². The van der Waals surface area contributed by atoms with Gasteiger partial charge in [0.1, 0.15) is 12.4 Å². The molecule has 1 saturated heterocycles. The molecule has 1 aliphatic heterocycles. The normalized spacial score (nSPS) is 24.4. The van der Waals surface area contributed by atoms with Gasteiger partial charge in [0.25, 0.3) is 0 Å². The van der Waals surface area contributed by atoms with E-state index in [1.165, 1.54) is 19.3 Å². The molecule has 2 atom stereocenters. The van der Waals surface area contributed by atoms with Crippen LogP contribution in [-0.4, -0.2) is 30.1 Å². The van der Waals surface area contributed by atoms with Gasteiger partial charge in [0, 0.05) is 23.1 Å². The number of hydrogen-bond donors (Lipinski definition) is 0. The summed E-state index contributed by atoms with van der Waals surface area (Å²) in [5.74, 6) is 0.948. The second kappa shape index (κ2) is 6.58. The van der Waals surface area contributed by atoms with Crippen LogP contribution in [0.2, 0.25) is 0 Å². The monoisotopic (exact) mass is 311 g/mol. The van der Waals surface area contributed by atoms with E-state index in [1.807, 2.05) is 24.3 Å². The molecule has 1 aromatic rings. The highest BCUT2D eigenvalue weighted by atomic mass is 79.9. The van der Waals surface area contributed by atoms with Gasteiger partial charge in [0.15, 0.2) is 0 Å². The van der Waals surface area contributed by atoms with Crippen molar-refractivity contribution >= 4 is 15.9 Å². The first-order valence-corrected chi connectivity index (χ1v) is 7.64. The van der Waals surface area contributed by atoms with E-state index in [0.717, 1.165) is 29.4 Å². The Bertz CT molecular complexity index is 383. The third kappa shape index (κ3) is 3.48. The highest BCUT2D eigenvalue weighted by molar-refractivity contribution is 9.10. The Morgan fingerprint density at radius 3 is 2.94 bits per heavy atom. The Balaban J connectivity index is 1.81. The highest BCUT2D eigenvalue weighted by Gasteiger charge is 2.28. The molecule has 3 heteroatoms. The molecule has 0 aromatic heterocycles. The van der Waals surface area contributed by atoms with Gasteiger partial charge in [-0.2, -0.15) is 0 Å². The van der Waals surface area contributed by atoms with Gasteiger partial charge in [-0.05, 0) is 44.4 Å². The van der Waals surface area contributed by atoms with Crippen molar-refractivity contribution in [3.8, 4) is 5.75 Å². The van der Waals surface area contributed by atoms with Gasteiger partial charge in [-0.3, -0.25) is 4.90 Å². The van der Waals surface area contributed by atoms with Crippen LogP contribution < -0.4 is 4.74 Å². The van der Waals surface area contributed by atoms with Gasteiger partial charge in [-0.15, -0.1) is 0 Å². The van der Waals surface area contributed by atoms with Crippen LogP contribution in [0.25, 0.3) is 0 Å². The number of halogens is 1. The van der Waals surface area contributed by atoms with Crippen LogP contribution in [0.5, 0.6) is 5.75 Å². The fraction of sp³-hybridized carbons (Fsp3) is 0.600. The van der Waals surface area contributed by atoms with Gasteiger partial charge in [-0.25, -0.2) is 0 Å². The fourth-order valence-electron chi connectivity index (χ4n) is 2.79. The molecule has 100 valence electrons. The third-order valence-electron chi connectivity index (χ3n) is 3.84. The number of benzene rings is 1. The topological polar surface area (TPSA) is 12.5 Å². The van der Waals surface area contributed by atoms with E-state index in [2.05, 4.69) is 34.7 Å². The van der Waals surface area contributed by atoms with Crippen molar-refractivity contribution < 1.29 is 4.74 Å². The molecule has 2 nitrogen and oxygen atoms in total. The zero-order valence-electron chi connectivity index (χ0n) is 11.2. The lowest BCUT2D eigenvalue weighted by Crippen LogP contribution is -2.37. The molecule has 0 aliphatic carbocycles. The van der Waals surface area contributed by atoms with Gasteiger partial charge in [-0.1, -0.05) is 28.9 Å². The SMILES string of the molecule is CCC1CCC(C)N1CCOc1cccc(Br)c1. The predicted octanol–water partition coefficient (Wildman–Crippen LogP) is 4.09. The summed E-state index contributed by atoms with van der Waals surface area (Å²) in [7, 11) is 0. The number of rotatable bonds is 5. The second-order valence-electron chi connectivity index (χ2n) is 5.03. The predicted molar refractivity (Wildman–Crippen MR) is 79.1 cm³/mol. The van der Waals surface area contributed by atoms with E-state index >= 15 is 0 Å². The lowest BCUT2D eigenvalue weighted by atomic mass is 10.2. The van der Waals surface area contributed by atoms with Crippen molar-refractivity contribution in [2.24, 2.45) is 0 Å². The molecule has 1 aromatic carbocycles. The molecule has 1 fully saturated rings. The van der Waals surface area contributed by atoms with E-state index < -0.39 is 0 Å². The van der Waals surface area contributed by atoms with Crippen molar-refractivity contribution in [3.05, 3.63) is 28.7 Å². The van der Waals surface area contributed by atoms with Crippen LogP contribution in [0.15, 0.2) is 28.7 Å². The summed E-state index contributed by atoms with van der Waals surface area (Å²) in [5, 5.41) is 0. The first kappa shape index (κ1) is 13.9. The summed E-state index contributed by atoms with van der Waals surface area (Å²) in [4.78, 5) is 2.60. The van der Waals surface area contributed by atoms with Gasteiger partial charge in [0.05, 0.1) is 0 Å². The molecular weight excluding hydrogens is 290 g/mol. The third-order valence-corrected chi connectivity index (χ3v) is 4.33. The first-order chi connectivity index (χ1) is 8.70. The molecule has 2 rings (SSSR count). The van der Waals surface area contributed by atoms with E-state index in [9.17, 15) is 0 Å². The Hall–Kier alpha value is -0.540. The Morgan fingerprint density at radius 2 is 2.22 bits per heavy atom. The maximum absolute atomic E-state index is 5.82. The fourth-order valence-corrected chi connectivity index (χ4v) is 3.17. The zero-order chi connectivity index (χ0) is 13.0. The van der Waals surface area contributed by atoms with Crippen molar-refractivity contribution in [2.45, 2.75) is 45.2 Å². The Morgan fingerprint density at radius 1 is 1.39 bits per heavy atom. The summed E-state index contributed by atoms with van der Waals surface area (Å²) in [5.41, 5.74) is 0. The van der Waals surface area contributed by atoms with Gasteiger partial charge < -0.3 is 4.74 Å². The van der Waals surface area contributed by atoms with Crippen LogP contribution >= 0.6 is 15.9 Å². The van der Waals surface area contributed by atoms with Gasteiger partial charge >= 0.3 is 0 Å². The van der Waals surface area contributed by atoms with Crippen LogP contribution in [0, 0.1) is 0 Å². The smallest absolute Gasteiger partial charge is 0.120 e. The maximum Gasteiger partial charge on any atom is 0.120 e. The minimum Gasteiger partial charge on any atom is -0.492 e. The second-order valence-corrected chi connectivity index (χ2v) is 5.95. The molecule has 0 spiro atoms. The molecule has 1 aliphatic rings. The largest absolute Gasteiger partial charge is 0.492 e. The molecule has 2 unspecified atom stereocenters. The quantitative estimate of drug-likeness (QED) is 0.812. The first-order valence-electron chi connectivity index (χ1n) is 6.84. The van der Waals surface area contributed by atoms with E-state index in [-0.39, 0.29) is 0 Å². The molecule has 1 heterocycles. The molecule has 0 saturated carbocycles. The average Bonchev–Trinajstić information content (AvgIpc) is 2.71. The van der Waals surface area contributed by atoms with Crippen LogP contribution in [0.3, 0.4) is 0 Å². The average molecular weight is 312 g/mol. The minimum atomic E-state index is 0.709. The standard InChI is InChI=1S/C15H22BrNO/c1-3-14-8-7-12(2)17(14)9-10-18-15-6-4-5-13(16)11-15/h4-6,11-12,14H,3,7-10H2,1-2H3. The van der Waals surface area contributed by atoms with Crippen molar-refractivity contribution in [1.29, 1.82) is 0 Å². The minimum absolute atomic E-state index is 0.709. The number of nitrogens with zero attached hydrogens (tertiary/aromatic N) is 1. The van der Waals surface area contributed by atoms with Crippen molar-refractivity contribution in [3.63, 3.8) is 0 Å². The maximum atomic E-state index is 5.82. The van der Waals surface area contributed by atoms with Crippen LogP contribution in [-0.2, 0) is 0 Å². The summed E-state index contributed by atoms with van der Waals surface area (Å²) < 4.78 is 6.89. The summed E-state index contributed by atoms with van der Waals surface area (Å²) in [6.07, 6.45) is 3.92. The lowest BCUT2D eigenvalue weighted by molar-refractivity contribution is 0.159. The number of hydrogen-bond acceptors (Lipinski definition) is 2. The van der Waals surface area contributed by atoms with Crippen LogP contribution in [0.1, 0.15) is 33.1 Å². The van der Waals surface area contributed by atoms with Crippen LogP contribution in [0.4, 0.5) is 0 Å². The molecule has 0 bridgehead atoms. The van der Waals surface area contributed by atoms with Crippen molar-refractivity contribution in [1.82, 2.24) is 4.90 Å². The molecule has 0 radical (unpaired) electrons. The Labute approximate surface area is 118 Å². The molecular formula is C15H22BrNO. The molecule has 0 amide bonds. The summed E-state index contributed by atoms with van der Waals surface area (Å²) in [6, 6.07) is 9.52. The van der Waals surface area contributed by atoms with E-state index in [1.54, 1.807) is 0 Å². The van der Waals surface area contributed by atoms with E-state index in [0.29, 0.717) is 6.04 Å². The van der Waals surface area contributed by atoms with Crippen molar-refractivity contribution in [2.75, 3.05) is 13.2 Å². The number of ether oxygens (including phenoxy) is 1. The van der Waals surface area contributed by atoms with E-state index in [4.69, 9.17) is 4.74 Å². The highest BCUT2D eigenvalue weighted by Crippen LogP contribution is 2.25. The summed E-state index contributed by atoms with van der Waals surface area (Å²) >= 11 is 3.46. The molecule has 18 heavy (non-hydrogen) atoms. The number of likely N-dealkylation sites (tertiary alicyclic amines) is 1. The zero-order valence-corrected chi connectivity index (χ0v) is 12.8. The summed E-state index contributed by atoms with van der Waals surface area (Å²) in [6.45, 7) is 6.42. The Kier molecular flexibility index (Phi) is 5.07.